The van der Waals surface area contributed by atoms with Crippen molar-refractivity contribution in [3.05, 3.63) is 21.5 Å². The summed E-state index contributed by atoms with van der Waals surface area (Å²) in [4.78, 5) is 27.1. The molecule has 0 bridgehead atoms. The number of carboxylic acid groups (broad SMARTS) is 1. The Balaban J connectivity index is 2.31. The predicted octanol–water partition coefficient (Wildman–Crippen LogP) is 3.11. The topological polar surface area (TPSA) is 76.5 Å². The van der Waals surface area contributed by atoms with E-state index in [4.69, 9.17) is 9.84 Å². The lowest BCUT2D eigenvalue weighted by Crippen LogP contribution is -2.01. The molecular formula is C12H10BrNO4S. The summed E-state index contributed by atoms with van der Waals surface area (Å²) in [5.41, 5.74) is 0.670. The number of hydrogen-bond donors (Lipinski definition) is 1. The Hall–Kier alpha value is -1.47. The van der Waals surface area contributed by atoms with Gasteiger partial charge in [0.05, 0.1) is 33.1 Å². The molecule has 0 saturated heterocycles. The fraction of sp³-hybridized carbons (Fsp3) is 0.250. The molecule has 5 nitrogen and oxygen atoms in total. The highest BCUT2D eigenvalue weighted by Gasteiger charge is 2.14. The second kappa shape index (κ2) is 5.66. The number of hydrogen-bond acceptors (Lipinski definition) is 5. The number of ether oxygens (including phenoxy) is 1. The van der Waals surface area contributed by atoms with E-state index >= 15 is 0 Å². The van der Waals surface area contributed by atoms with Crippen LogP contribution in [0.4, 0.5) is 0 Å². The van der Waals surface area contributed by atoms with Crippen molar-refractivity contribution in [3.63, 3.8) is 0 Å². The van der Waals surface area contributed by atoms with Crippen LogP contribution in [0.3, 0.4) is 0 Å². The summed E-state index contributed by atoms with van der Waals surface area (Å²) in [7, 11) is 1.52. The van der Waals surface area contributed by atoms with Gasteiger partial charge in [0.2, 0.25) is 5.88 Å². The normalized spacial score (nSPS) is 10.6. The maximum atomic E-state index is 11.8. The molecule has 0 saturated carbocycles. The van der Waals surface area contributed by atoms with E-state index in [9.17, 15) is 9.59 Å². The minimum Gasteiger partial charge on any atom is -0.481 e. The minimum absolute atomic E-state index is 0.000456. The maximum Gasteiger partial charge on any atom is 0.303 e. The Morgan fingerprint density at radius 2 is 2.16 bits per heavy atom. The lowest BCUT2D eigenvalue weighted by atomic mass is 10.2. The first-order valence-electron chi connectivity index (χ1n) is 5.40. The Morgan fingerprint density at radius 1 is 1.42 bits per heavy atom. The van der Waals surface area contributed by atoms with E-state index in [2.05, 4.69) is 20.9 Å². The lowest BCUT2D eigenvalue weighted by molar-refractivity contribution is -0.136. The molecule has 0 spiro atoms. The molecule has 1 N–H and O–H groups in total. The Morgan fingerprint density at radius 3 is 2.79 bits per heavy atom. The zero-order valence-corrected chi connectivity index (χ0v) is 12.4. The molecule has 2 heterocycles. The summed E-state index contributed by atoms with van der Waals surface area (Å²) in [6.07, 6.45) is -0.159. The van der Waals surface area contributed by atoms with Crippen LogP contribution in [0, 0.1) is 0 Å². The fourth-order valence-electron chi connectivity index (χ4n) is 1.55. The third kappa shape index (κ3) is 3.10. The first-order chi connectivity index (χ1) is 9.01. The van der Waals surface area contributed by atoms with E-state index in [-0.39, 0.29) is 18.6 Å². The lowest BCUT2D eigenvalue weighted by Gasteiger charge is -2.00. The Bertz CT molecular complexity index is 652. The quantitative estimate of drug-likeness (QED) is 0.844. The van der Waals surface area contributed by atoms with Crippen LogP contribution >= 0.6 is 27.3 Å². The van der Waals surface area contributed by atoms with Crippen molar-refractivity contribution >= 4 is 49.2 Å². The summed E-state index contributed by atoms with van der Waals surface area (Å²) >= 11 is 4.63. The van der Waals surface area contributed by atoms with Gasteiger partial charge in [-0.1, -0.05) is 0 Å². The number of carbonyl (C=O) groups excluding carboxylic acids is 1. The van der Waals surface area contributed by atoms with Crippen molar-refractivity contribution in [2.75, 3.05) is 7.11 Å². The van der Waals surface area contributed by atoms with Gasteiger partial charge >= 0.3 is 5.97 Å². The second-order valence-electron chi connectivity index (χ2n) is 3.79. The zero-order chi connectivity index (χ0) is 14.0. The molecule has 0 radical (unpaired) electrons. The number of aliphatic carboxylic acids is 1. The van der Waals surface area contributed by atoms with E-state index in [0.717, 1.165) is 4.70 Å². The third-order valence-electron chi connectivity index (χ3n) is 2.46. The Labute approximate surface area is 121 Å². The molecule has 2 rings (SSSR count). The molecule has 0 aromatic carbocycles. The molecule has 2 aromatic heterocycles. The van der Waals surface area contributed by atoms with Crippen LogP contribution in [-0.2, 0) is 4.79 Å². The van der Waals surface area contributed by atoms with Gasteiger partial charge in [0.25, 0.3) is 0 Å². The average molecular weight is 344 g/mol. The van der Waals surface area contributed by atoms with Gasteiger partial charge in [-0.3, -0.25) is 9.59 Å². The van der Waals surface area contributed by atoms with Gasteiger partial charge in [0.15, 0.2) is 5.78 Å². The zero-order valence-electron chi connectivity index (χ0n) is 9.97. The number of aromatic nitrogens is 1. The van der Waals surface area contributed by atoms with Crippen molar-refractivity contribution < 1.29 is 19.4 Å². The van der Waals surface area contributed by atoms with Crippen molar-refractivity contribution in [1.82, 2.24) is 4.98 Å². The molecule has 19 heavy (non-hydrogen) atoms. The smallest absolute Gasteiger partial charge is 0.303 e. The van der Waals surface area contributed by atoms with Gasteiger partial charge in [-0.15, -0.1) is 11.3 Å². The Kier molecular flexibility index (Phi) is 4.16. The summed E-state index contributed by atoms with van der Waals surface area (Å²) in [5, 5.41) is 8.57. The largest absolute Gasteiger partial charge is 0.481 e. The predicted molar refractivity (Wildman–Crippen MR) is 75.1 cm³/mol. The number of Topliss-reactive ketones (excluding diaryl/α,β-unsaturated/α-hetero) is 1. The van der Waals surface area contributed by atoms with E-state index < -0.39 is 5.97 Å². The number of pyridine rings is 1. The first kappa shape index (κ1) is 14.0. The number of carboxylic acids is 1. The van der Waals surface area contributed by atoms with E-state index in [0.29, 0.717) is 20.7 Å². The molecule has 0 aliphatic rings. The molecule has 0 fully saturated rings. The minimum atomic E-state index is -0.975. The van der Waals surface area contributed by atoms with Crippen LogP contribution in [-0.4, -0.2) is 29.0 Å². The number of fused-ring (bicyclic) bond motifs is 1. The molecule has 7 heteroatoms. The molecule has 0 aliphatic carbocycles. The van der Waals surface area contributed by atoms with Crippen LogP contribution in [0.1, 0.15) is 22.5 Å². The molecule has 2 aromatic rings. The number of halogens is 1. The monoisotopic (exact) mass is 343 g/mol. The van der Waals surface area contributed by atoms with Crippen LogP contribution in [0.25, 0.3) is 10.2 Å². The number of nitrogens with zero attached hydrogens (tertiary/aromatic N) is 1. The summed E-state index contributed by atoms with van der Waals surface area (Å²) in [6.45, 7) is 0. The van der Waals surface area contributed by atoms with Crippen LogP contribution in [0.2, 0.25) is 0 Å². The summed E-state index contributed by atoms with van der Waals surface area (Å²) in [5.74, 6) is -0.702. The van der Waals surface area contributed by atoms with Gasteiger partial charge in [-0.05, 0) is 28.1 Å². The molecular weight excluding hydrogens is 334 g/mol. The van der Waals surface area contributed by atoms with Gasteiger partial charge in [0.1, 0.15) is 0 Å². The van der Waals surface area contributed by atoms with Gasteiger partial charge in [-0.2, -0.15) is 0 Å². The first-order valence-corrected chi connectivity index (χ1v) is 7.01. The molecule has 100 valence electrons. The third-order valence-corrected chi connectivity index (χ3v) is 4.14. The number of carbonyl (C=O) groups is 2. The highest BCUT2D eigenvalue weighted by molar-refractivity contribution is 9.10. The average Bonchev–Trinajstić information content (AvgIpc) is 2.77. The van der Waals surface area contributed by atoms with Crippen LogP contribution < -0.4 is 4.74 Å². The van der Waals surface area contributed by atoms with E-state index in [1.54, 1.807) is 6.07 Å². The van der Waals surface area contributed by atoms with E-state index in [1.807, 2.05) is 6.07 Å². The van der Waals surface area contributed by atoms with Crippen LogP contribution in [0.5, 0.6) is 5.88 Å². The number of ketones is 1. The van der Waals surface area contributed by atoms with Crippen molar-refractivity contribution in [2.45, 2.75) is 12.8 Å². The molecule has 0 aliphatic heterocycles. The standard InChI is InChI=1S/C12H10BrNO4S/c1-18-12-6(13)4-9-7(14-12)5-10(19-9)8(15)2-3-11(16)17/h4-5H,2-3H2,1H3,(H,16,17). The maximum absolute atomic E-state index is 11.8. The second-order valence-corrected chi connectivity index (χ2v) is 5.73. The molecule has 0 atom stereocenters. The molecule has 0 unspecified atom stereocenters. The highest BCUT2D eigenvalue weighted by Crippen LogP contribution is 2.32. The van der Waals surface area contributed by atoms with Gasteiger partial charge in [-0.25, -0.2) is 4.98 Å². The van der Waals surface area contributed by atoms with Crippen LogP contribution in [0.15, 0.2) is 16.6 Å². The number of methoxy groups -OCH3 is 1. The summed E-state index contributed by atoms with van der Waals surface area (Å²) in [6, 6.07) is 3.50. The van der Waals surface area contributed by atoms with Crippen molar-refractivity contribution in [3.8, 4) is 5.88 Å². The highest BCUT2D eigenvalue weighted by atomic mass is 79.9. The van der Waals surface area contributed by atoms with E-state index in [1.165, 1.54) is 18.4 Å². The molecule has 0 amide bonds. The van der Waals surface area contributed by atoms with Gasteiger partial charge in [0, 0.05) is 6.42 Å². The van der Waals surface area contributed by atoms with Crippen molar-refractivity contribution in [2.24, 2.45) is 0 Å². The number of thiophene rings is 1. The SMILES string of the molecule is COc1nc2cc(C(=O)CCC(=O)O)sc2cc1Br. The fourth-order valence-corrected chi connectivity index (χ4v) is 3.19. The number of rotatable bonds is 5. The summed E-state index contributed by atoms with van der Waals surface area (Å²) < 4.78 is 6.66. The van der Waals surface area contributed by atoms with Gasteiger partial charge < -0.3 is 9.84 Å². The van der Waals surface area contributed by atoms with Crippen molar-refractivity contribution in [1.29, 1.82) is 0 Å².